The number of nitrogens with one attached hydrogen (secondary N) is 1. The van der Waals surface area contributed by atoms with Gasteiger partial charge in [0.05, 0.1) is 18.7 Å². The molecule has 3 heterocycles. The van der Waals surface area contributed by atoms with Crippen molar-refractivity contribution in [2.24, 2.45) is 0 Å². The monoisotopic (exact) mass is 568 g/mol. The number of rotatable bonds is 8. The third kappa shape index (κ3) is 6.98. The van der Waals surface area contributed by atoms with E-state index in [2.05, 4.69) is 38.8 Å². The van der Waals surface area contributed by atoms with Crippen molar-refractivity contribution in [3.63, 3.8) is 0 Å². The predicted octanol–water partition coefficient (Wildman–Crippen LogP) is 5.45. The molecule has 2 aliphatic heterocycles. The molecule has 2 N–H and O–H groups in total. The van der Waals surface area contributed by atoms with Crippen LogP contribution in [0.3, 0.4) is 0 Å². The van der Waals surface area contributed by atoms with Crippen LogP contribution in [0.1, 0.15) is 51.6 Å². The fourth-order valence-electron chi connectivity index (χ4n) is 5.43. The lowest BCUT2D eigenvalue weighted by Crippen LogP contribution is -2.62. The number of halogens is 3. The summed E-state index contributed by atoms with van der Waals surface area (Å²) in [6, 6.07) is 6.25. The molecule has 202 valence electrons. The highest BCUT2D eigenvalue weighted by molar-refractivity contribution is 6.35. The van der Waals surface area contributed by atoms with E-state index >= 15 is 0 Å². The van der Waals surface area contributed by atoms with Crippen LogP contribution < -0.4 is 10.2 Å². The first-order chi connectivity index (χ1) is 17.6. The topological polar surface area (TPSA) is 84.8 Å². The molecule has 2 aliphatic rings. The summed E-state index contributed by atoms with van der Waals surface area (Å²) in [5.41, 5.74) is 0.905. The van der Waals surface area contributed by atoms with Crippen molar-refractivity contribution in [2.45, 2.75) is 64.2 Å². The normalized spacial score (nSPS) is 24.2. The van der Waals surface area contributed by atoms with Crippen LogP contribution >= 0.6 is 34.8 Å². The van der Waals surface area contributed by atoms with Gasteiger partial charge in [-0.3, -0.25) is 9.69 Å². The maximum absolute atomic E-state index is 11.0. The van der Waals surface area contributed by atoms with Gasteiger partial charge in [0.1, 0.15) is 5.02 Å². The Morgan fingerprint density at radius 2 is 1.95 bits per heavy atom. The number of benzene rings is 1. The first-order valence-corrected chi connectivity index (χ1v) is 14.0. The van der Waals surface area contributed by atoms with Gasteiger partial charge in [-0.05, 0) is 57.9 Å². The second-order valence-electron chi connectivity index (χ2n) is 10.2. The Kier molecular flexibility index (Phi) is 9.40. The first-order valence-electron chi connectivity index (χ1n) is 12.8. The summed E-state index contributed by atoms with van der Waals surface area (Å²) in [4.78, 5) is 27.5. The van der Waals surface area contributed by atoms with Crippen LogP contribution in [-0.2, 0) is 4.79 Å². The number of carboxylic acid groups (broad SMARTS) is 1. The number of aliphatic carboxylic acids is 1. The van der Waals surface area contributed by atoms with Gasteiger partial charge in [-0.25, -0.2) is 4.98 Å². The minimum absolute atomic E-state index is 0.131. The van der Waals surface area contributed by atoms with Crippen LogP contribution in [0.2, 0.25) is 15.1 Å². The average Bonchev–Trinajstić information content (AvgIpc) is 2.85. The van der Waals surface area contributed by atoms with Gasteiger partial charge in [0.2, 0.25) is 5.95 Å². The van der Waals surface area contributed by atoms with Gasteiger partial charge in [0.25, 0.3) is 0 Å². The van der Waals surface area contributed by atoms with E-state index in [4.69, 9.17) is 44.9 Å². The Bertz CT molecular complexity index is 1110. The molecule has 0 spiro atoms. The Balaban J connectivity index is 1.43. The molecule has 0 saturated carbocycles. The van der Waals surface area contributed by atoms with E-state index in [1.165, 1.54) is 0 Å². The van der Waals surface area contributed by atoms with Crippen molar-refractivity contribution in [3.05, 3.63) is 45.0 Å². The van der Waals surface area contributed by atoms with Crippen molar-refractivity contribution in [1.29, 1.82) is 0 Å². The number of carboxylic acids is 1. The lowest BCUT2D eigenvalue weighted by molar-refractivity contribution is -0.137. The van der Waals surface area contributed by atoms with E-state index in [1.807, 2.05) is 19.1 Å². The molecule has 37 heavy (non-hydrogen) atoms. The van der Waals surface area contributed by atoms with Crippen LogP contribution in [0.25, 0.3) is 0 Å². The van der Waals surface area contributed by atoms with Gasteiger partial charge < -0.3 is 20.2 Å². The summed E-state index contributed by atoms with van der Waals surface area (Å²) in [5, 5.41) is 14.1. The summed E-state index contributed by atoms with van der Waals surface area (Å²) in [5.74, 6) is 0.473. The summed E-state index contributed by atoms with van der Waals surface area (Å²) in [6.07, 6.45) is 4.07. The Morgan fingerprint density at radius 1 is 1.16 bits per heavy atom. The number of carbonyl (C=O) groups is 1. The van der Waals surface area contributed by atoms with Crippen LogP contribution in [0.5, 0.6) is 0 Å². The van der Waals surface area contributed by atoms with Gasteiger partial charge in [0, 0.05) is 54.3 Å². The van der Waals surface area contributed by atoms with E-state index < -0.39 is 5.97 Å². The molecule has 2 aromatic rings. The number of piperazine rings is 1. The van der Waals surface area contributed by atoms with Crippen LogP contribution in [-0.4, -0.2) is 81.7 Å². The molecule has 0 bridgehead atoms. The molecule has 8 nitrogen and oxygen atoms in total. The minimum Gasteiger partial charge on any atom is -0.481 e. The molecule has 2 saturated heterocycles. The first kappa shape index (κ1) is 28.2. The fourth-order valence-corrected chi connectivity index (χ4v) is 6.15. The molecule has 0 aliphatic carbocycles. The number of hydrogen-bond acceptors (Lipinski definition) is 7. The van der Waals surface area contributed by atoms with Crippen molar-refractivity contribution >= 4 is 52.5 Å². The SMILES string of the molecule is C[C@@H]1CN(c2ncc(Cl)c(N[C@H](C)c3ccc(Cl)cc3Cl)n2)[C@@H](C)CN1C1CCCN(CCC(=O)O)C1. The minimum atomic E-state index is -0.736. The molecular formula is C26H35Cl3N6O2. The predicted molar refractivity (Wildman–Crippen MR) is 150 cm³/mol. The summed E-state index contributed by atoms with van der Waals surface area (Å²) >= 11 is 18.9. The summed E-state index contributed by atoms with van der Waals surface area (Å²) in [6.45, 7) is 10.6. The number of likely N-dealkylation sites (tertiary alicyclic amines) is 1. The zero-order valence-corrected chi connectivity index (χ0v) is 23.8. The molecule has 4 atom stereocenters. The molecule has 1 unspecified atom stereocenters. The highest BCUT2D eigenvalue weighted by Gasteiger charge is 2.36. The van der Waals surface area contributed by atoms with Crippen LogP contribution in [0, 0.1) is 0 Å². The van der Waals surface area contributed by atoms with E-state index in [0.717, 1.165) is 44.6 Å². The highest BCUT2D eigenvalue weighted by Crippen LogP contribution is 2.32. The van der Waals surface area contributed by atoms with Crippen molar-refractivity contribution in [3.8, 4) is 0 Å². The average molecular weight is 570 g/mol. The van der Waals surface area contributed by atoms with E-state index in [9.17, 15) is 4.79 Å². The maximum Gasteiger partial charge on any atom is 0.304 e. The Hall–Kier alpha value is -1.84. The lowest BCUT2D eigenvalue weighted by atomic mass is 9.98. The summed E-state index contributed by atoms with van der Waals surface area (Å²) < 4.78 is 0. The quantitative estimate of drug-likeness (QED) is 0.434. The number of nitrogens with zero attached hydrogens (tertiary/aromatic N) is 5. The number of piperidine rings is 1. The zero-order valence-electron chi connectivity index (χ0n) is 21.5. The van der Waals surface area contributed by atoms with Gasteiger partial charge in [0.15, 0.2) is 5.82 Å². The fraction of sp³-hybridized carbons (Fsp3) is 0.577. The van der Waals surface area contributed by atoms with E-state index in [-0.39, 0.29) is 18.5 Å². The van der Waals surface area contributed by atoms with E-state index in [0.29, 0.717) is 45.5 Å². The molecule has 1 aromatic carbocycles. The molecule has 2 fully saturated rings. The highest BCUT2D eigenvalue weighted by atomic mass is 35.5. The number of anilines is 2. The molecule has 1 aromatic heterocycles. The smallest absolute Gasteiger partial charge is 0.304 e. The van der Waals surface area contributed by atoms with E-state index in [1.54, 1.807) is 12.3 Å². The van der Waals surface area contributed by atoms with Crippen molar-refractivity contribution < 1.29 is 9.90 Å². The molecule has 0 radical (unpaired) electrons. The third-order valence-corrected chi connectivity index (χ3v) is 8.24. The number of aromatic nitrogens is 2. The van der Waals surface area contributed by atoms with Crippen LogP contribution in [0.4, 0.5) is 11.8 Å². The second kappa shape index (κ2) is 12.3. The zero-order chi connectivity index (χ0) is 26.7. The maximum atomic E-state index is 11.0. The largest absolute Gasteiger partial charge is 0.481 e. The molecule has 4 rings (SSSR count). The summed E-state index contributed by atoms with van der Waals surface area (Å²) in [7, 11) is 0. The van der Waals surface area contributed by atoms with Gasteiger partial charge in [-0.15, -0.1) is 0 Å². The molecular weight excluding hydrogens is 535 g/mol. The van der Waals surface area contributed by atoms with Gasteiger partial charge in [-0.2, -0.15) is 4.98 Å². The van der Waals surface area contributed by atoms with Crippen LogP contribution in [0.15, 0.2) is 24.4 Å². The lowest BCUT2D eigenvalue weighted by Gasteiger charge is -2.49. The Morgan fingerprint density at radius 3 is 2.68 bits per heavy atom. The van der Waals surface area contributed by atoms with Gasteiger partial charge in [-0.1, -0.05) is 40.9 Å². The molecule has 11 heteroatoms. The second-order valence-corrected chi connectivity index (χ2v) is 11.4. The third-order valence-electron chi connectivity index (χ3n) is 7.40. The van der Waals surface area contributed by atoms with Crippen molar-refractivity contribution in [2.75, 3.05) is 42.9 Å². The molecule has 0 amide bonds. The van der Waals surface area contributed by atoms with Crippen molar-refractivity contribution in [1.82, 2.24) is 19.8 Å². The van der Waals surface area contributed by atoms with Gasteiger partial charge >= 0.3 is 5.97 Å². The Labute approximate surface area is 233 Å². The standard InChI is InChI=1S/C26H35Cl3N6O2/c1-16-14-35(17(2)13-34(16)20-5-4-9-33(15-20)10-8-24(36)37)26-30-12-23(29)25(32-26)31-18(3)21-7-6-19(27)11-22(21)28/h6-7,11-12,16-18,20H,4-5,8-10,13-15H2,1-3H3,(H,36,37)(H,30,31,32)/t16-,17+,18-,20?/m1/s1. The number of hydrogen-bond donors (Lipinski definition) is 2.